The summed E-state index contributed by atoms with van der Waals surface area (Å²) in [5.41, 5.74) is 2.13. The molecule has 5 heteroatoms. The van der Waals surface area contributed by atoms with Gasteiger partial charge < -0.3 is 10.6 Å². The Balaban J connectivity index is 1.91. The van der Waals surface area contributed by atoms with Crippen LogP contribution in [-0.4, -0.2) is 10.1 Å². The molecule has 0 radical (unpaired) electrons. The summed E-state index contributed by atoms with van der Waals surface area (Å²) < 4.78 is 0. The summed E-state index contributed by atoms with van der Waals surface area (Å²) in [6, 6.07) is 11.9. The Morgan fingerprint density at radius 3 is 2.74 bits per heavy atom. The van der Waals surface area contributed by atoms with Gasteiger partial charge in [-0.25, -0.2) is 4.98 Å². The second kappa shape index (κ2) is 6.50. The number of halogens is 1. The molecule has 3 nitrogen and oxygen atoms in total. The topological polar surface area (TPSA) is 37.0 Å². The molecular formula is C14H14ClN3S. The molecule has 1 heterocycles. The number of aryl methyl sites for hydroxylation is 1. The number of anilines is 1. The van der Waals surface area contributed by atoms with E-state index in [1.54, 1.807) is 6.20 Å². The van der Waals surface area contributed by atoms with Gasteiger partial charge in [0.25, 0.3) is 0 Å². The van der Waals surface area contributed by atoms with Crippen molar-refractivity contribution in [3.8, 4) is 0 Å². The molecule has 0 atom stereocenters. The van der Waals surface area contributed by atoms with Gasteiger partial charge >= 0.3 is 0 Å². The quantitative estimate of drug-likeness (QED) is 0.848. The van der Waals surface area contributed by atoms with Crippen molar-refractivity contribution in [1.82, 2.24) is 10.3 Å². The molecule has 0 bridgehead atoms. The maximum Gasteiger partial charge on any atom is 0.172 e. The van der Waals surface area contributed by atoms with Crippen LogP contribution in [0.4, 0.5) is 5.82 Å². The third-order valence-electron chi connectivity index (χ3n) is 2.57. The molecule has 19 heavy (non-hydrogen) atoms. The van der Waals surface area contributed by atoms with Crippen molar-refractivity contribution >= 4 is 34.7 Å². The van der Waals surface area contributed by atoms with Gasteiger partial charge in [-0.3, -0.25) is 0 Å². The summed E-state index contributed by atoms with van der Waals surface area (Å²) in [6.07, 6.45) is 1.59. The minimum Gasteiger partial charge on any atom is -0.358 e. The monoisotopic (exact) mass is 291 g/mol. The predicted molar refractivity (Wildman–Crippen MR) is 83.5 cm³/mol. The fraction of sp³-hybridized carbons (Fsp3) is 0.143. The lowest BCUT2D eigenvalue weighted by molar-refractivity contribution is 0.924. The highest BCUT2D eigenvalue weighted by molar-refractivity contribution is 7.80. The van der Waals surface area contributed by atoms with Crippen LogP contribution in [0.25, 0.3) is 0 Å². The predicted octanol–water partition coefficient (Wildman–Crippen LogP) is 3.53. The summed E-state index contributed by atoms with van der Waals surface area (Å²) in [7, 11) is 0. The molecule has 0 spiro atoms. The van der Waals surface area contributed by atoms with Crippen LogP contribution in [0.5, 0.6) is 0 Å². The summed E-state index contributed by atoms with van der Waals surface area (Å²) >= 11 is 11.1. The maximum atomic E-state index is 5.86. The Bertz CT molecular complexity index is 572. The average Bonchev–Trinajstić information content (AvgIpc) is 2.41. The first kappa shape index (κ1) is 13.8. The van der Waals surface area contributed by atoms with Crippen LogP contribution in [-0.2, 0) is 6.54 Å². The number of hydrogen-bond donors (Lipinski definition) is 2. The molecule has 0 aliphatic heterocycles. The number of nitrogens with one attached hydrogen (secondary N) is 2. The third-order valence-corrected chi connectivity index (χ3v) is 3.03. The minimum atomic E-state index is 0.543. The van der Waals surface area contributed by atoms with Gasteiger partial charge in [0, 0.05) is 12.7 Å². The van der Waals surface area contributed by atoms with E-state index < -0.39 is 0 Å². The van der Waals surface area contributed by atoms with Gasteiger partial charge in [-0.1, -0.05) is 41.9 Å². The molecule has 1 aromatic heterocycles. The van der Waals surface area contributed by atoms with Crippen molar-refractivity contribution < 1.29 is 0 Å². The normalized spacial score (nSPS) is 10.0. The van der Waals surface area contributed by atoms with E-state index in [1.165, 1.54) is 5.56 Å². The highest BCUT2D eigenvalue weighted by Crippen LogP contribution is 2.15. The molecule has 0 amide bonds. The number of nitrogens with zero attached hydrogens (tertiary/aromatic N) is 1. The number of benzene rings is 1. The van der Waals surface area contributed by atoms with Gasteiger partial charge in [-0.2, -0.15) is 0 Å². The summed E-state index contributed by atoms with van der Waals surface area (Å²) in [5.74, 6) is 0.718. The van der Waals surface area contributed by atoms with Crippen LogP contribution < -0.4 is 10.6 Å². The van der Waals surface area contributed by atoms with Gasteiger partial charge in [0.15, 0.2) is 5.11 Å². The lowest BCUT2D eigenvalue weighted by Crippen LogP contribution is -2.28. The molecule has 0 aliphatic carbocycles. The molecule has 98 valence electrons. The number of aromatic nitrogens is 1. The SMILES string of the molecule is Cc1cc(Cl)cnc1NC(=S)NCc1ccccc1. The molecule has 0 saturated heterocycles. The number of hydrogen-bond acceptors (Lipinski definition) is 2. The highest BCUT2D eigenvalue weighted by atomic mass is 35.5. The van der Waals surface area contributed by atoms with E-state index in [-0.39, 0.29) is 0 Å². The summed E-state index contributed by atoms with van der Waals surface area (Å²) in [5, 5.41) is 7.36. The Labute approximate surface area is 123 Å². The van der Waals surface area contributed by atoms with Gasteiger partial charge in [-0.15, -0.1) is 0 Å². The standard InChI is InChI=1S/C14H14ClN3S/c1-10-7-12(15)9-16-13(10)18-14(19)17-8-11-5-3-2-4-6-11/h2-7,9H,8H2,1H3,(H2,16,17,18,19). The number of thiocarbonyl (C=S) groups is 1. The van der Waals surface area contributed by atoms with Crippen LogP contribution in [0.1, 0.15) is 11.1 Å². The molecule has 2 aromatic rings. The van der Waals surface area contributed by atoms with Crippen LogP contribution in [0.2, 0.25) is 5.02 Å². The lowest BCUT2D eigenvalue weighted by Gasteiger charge is -2.11. The Morgan fingerprint density at radius 2 is 2.05 bits per heavy atom. The number of rotatable bonds is 3. The second-order valence-corrected chi connectivity index (χ2v) is 4.96. The van der Waals surface area contributed by atoms with E-state index >= 15 is 0 Å². The molecule has 0 fully saturated rings. The van der Waals surface area contributed by atoms with Gasteiger partial charge in [-0.05, 0) is 36.3 Å². The Kier molecular flexibility index (Phi) is 4.71. The van der Waals surface area contributed by atoms with E-state index in [2.05, 4.69) is 15.6 Å². The Morgan fingerprint density at radius 1 is 1.32 bits per heavy atom. The van der Waals surface area contributed by atoms with Crippen LogP contribution in [0.3, 0.4) is 0 Å². The molecule has 1 aromatic carbocycles. The largest absolute Gasteiger partial charge is 0.358 e. The van der Waals surface area contributed by atoms with Crippen LogP contribution in [0, 0.1) is 6.92 Å². The van der Waals surface area contributed by atoms with Crippen molar-refractivity contribution in [2.75, 3.05) is 5.32 Å². The van der Waals surface area contributed by atoms with Crippen molar-refractivity contribution in [3.63, 3.8) is 0 Å². The van der Waals surface area contributed by atoms with Crippen molar-refractivity contribution in [2.24, 2.45) is 0 Å². The first-order chi connectivity index (χ1) is 9.15. The minimum absolute atomic E-state index is 0.543. The van der Waals surface area contributed by atoms with E-state index in [9.17, 15) is 0 Å². The average molecular weight is 292 g/mol. The number of pyridine rings is 1. The molecular weight excluding hydrogens is 278 g/mol. The molecule has 0 saturated carbocycles. The van der Waals surface area contributed by atoms with E-state index in [4.69, 9.17) is 23.8 Å². The molecule has 0 aliphatic rings. The smallest absolute Gasteiger partial charge is 0.172 e. The lowest BCUT2D eigenvalue weighted by atomic mass is 10.2. The fourth-order valence-electron chi connectivity index (χ4n) is 1.60. The zero-order valence-electron chi connectivity index (χ0n) is 10.5. The first-order valence-corrected chi connectivity index (χ1v) is 6.64. The van der Waals surface area contributed by atoms with Gasteiger partial charge in [0.05, 0.1) is 5.02 Å². The van der Waals surface area contributed by atoms with Crippen LogP contribution >= 0.6 is 23.8 Å². The van der Waals surface area contributed by atoms with Crippen molar-refractivity contribution in [1.29, 1.82) is 0 Å². The molecule has 2 rings (SSSR count). The van der Waals surface area contributed by atoms with Gasteiger partial charge in [0.1, 0.15) is 5.82 Å². The first-order valence-electron chi connectivity index (χ1n) is 5.86. The maximum absolute atomic E-state index is 5.86. The summed E-state index contributed by atoms with van der Waals surface area (Å²) in [4.78, 5) is 4.20. The van der Waals surface area contributed by atoms with E-state index in [0.29, 0.717) is 16.7 Å². The van der Waals surface area contributed by atoms with E-state index in [1.807, 2.05) is 43.3 Å². The highest BCUT2D eigenvalue weighted by Gasteiger charge is 2.03. The fourth-order valence-corrected chi connectivity index (χ4v) is 1.98. The van der Waals surface area contributed by atoms with E-state index in [0.717, 1.165) is 11.4 Å². The second-order valence-electron chi connectivity index (χ2n) is 4.11. The van der Waals surface area contributed by atoms with Crippen LogP contribution in [0.15, 0.2) is 42.6 Å². The van der Waals surface area contributed by atoms with Crippen molar-refractivity contribution in [2.45, 2.75) is 13.5 Å². The van der Waals surface area contributed by atoms with Crippen molar-refractivity contribution in [3.05, 3.63) is 58.7 Å². The summed E-state index contributed by atoms with van der Waals surface area (Å²) in [6.45, 7) is 2.61. The third kappa shape index (κ3) is 4.19. The zero-order valence-corrected chi connectivity index (χ0v) is 12.1. The Hall–Kier alpha value is -1.65. The molecule has 2 N–H and O–H groups in total. The molecule has 0 unspecified atom stereocenters. The van der Waals surface area contributed by atoms with Gasteiger partial charge in [0.2, 0.25) is 0 Å². The zero-order chi connectivity index (χ0) is 13.7.